The molecule has 0 saturated carbocycles. The normalized spacial score (nSPS) is 14.6. The summed E-state index contributed by atoms with van der Waals surface area (Å²) < 4.78 is 29.1. The first-order valence-corrected chi connectivity index (χ1v) is 4.20. The van der Waals surface area contributed by atoms with Crippen molar-refractivity contribution < 1.29 is 13.0 Å². The number of rotatable bonds is 3. The Morgan fingerprint density at radius 3 is 2.20 bits per heavy atom. The fourth-order valence-electron chi connectivity index (χ4n) is 0.591. The number of amidine groups is 1. The standard InChI is InChI=1S/C4H10N2O3S/c1-2-3(4(5)6)10(7,8)9/h3H,2H2,1H3,(H3,5,6)(H,7,8,9). The molecule has 0 heterocycles. The first-order valence-electron chi connectivity index (χ1n) is 2.69. The molecule has 10 heavy (non-hydrogen) atoms. The molecule has 6 heteroatoms. The number of hydrogen-bond donors (Lipinski definition) is 3. The maximum absolute atomic E-state index is 10.3. The van der Waals surface area contributed by atoms with E-state index in [1.807, 2.05) is 0 Å². The zero-order chi connectivity index (χ0) is 8.36. The van der Waals surface area contributed by atoms with Crippen LogP contribution in [-0.4, -0.2) is 24.1 Å². The average molecular weight is 166 g/mol. The summed E-state index contributed by atoms with van der Waals surface area (Å²) in [5, 5.41) is 5.50. The van der Waals surface area contributed by atoms with Crippen LogP contribution in [-0.2, 0) is 10.1 Å². The predicted molar refractivity (Wildman–Crippen MR) is 37.5 cm³/mol. The van der Waals surface area contributed by atoms with Crippen LogP contribution >= 0.6 is 0 Å². The van der Waals surface area contributed by atoms with Gasteiger partial charge in [-0.2, -0.15) is 8.42 Å². The Morgan fingerprint density at radius 2 is 2.20 bits per heavy atom. The van der Waals surface area contributed by atoms with Crippen molar-refractivity contribution in [3.8, 4) is 0 Å². The third kappa shape index (κ3) is 2.32. The van der Waals surface area contributed by atoms with Gasteiger partial charge in [0.05, 0.1) is 0 Å². The minimum absolute atomic E-state index is 0.119. The molecule has 0 aliphatic rings. The van der Waals surface area contributed by atoms with Gasteiger partial charge in [0, 0.05) is 0 Å². The second-order valence-electron chi connectivity index (χ2n) is 1.87. The Bertz CT molecular complexity index is 221. The van der Waals surface area contributed by atoms with Gasteiger partial charge in [0.25, 0.3) is 10.1 Å². The molecule has 0 aromatic rings. The molecule has 0 saturated heterocycles. The summed E-state index contributed by atoms with van der Waals surface area (Å²) in [4.78, 5) is 0. The third-order valence-electron chi connectivity index (χ3n) is 1.08. The van der Waals surface area contributed by atoms with Crippen molar-refractivity contribution in [2.24, 2.45) is 5.73 Å². The molecule has 0 aromatic heterocycles. The summed E-state index contributed by atoms with van der Waals surface area (Å²) in [5.74, 6) is -0.523. The quantitative estimate of drug-likeness (QED) is 0.301. The lowest BCUT2D eigenvalue weighted by atomic mass is 10.3. The van der Waals surface area contributed by atoms with Gasteiger partial charge >= 0.3 is 0 Å². The highest BCUT2D eigenvalue weighted by Crippen LogP contribution is 2.01. The SMILES string of the molecule is CCC(C(=N)N)S(=O)(=O)O. The summed E-state index contributed by atoms with van der Waals surface area (Å²) in [6, 6.07) is 0. The van der Waals surface area contributed by atoms with Crippen molar-refractivity contribution in [1.29, 1.82) is 5.41 Å². The fraction of sp³-hybridized carbons (Fsp3) is 0.750. The molecule has 0 radical (unpaired) electrons. The highest BCUT2D eigenvalue weighted by molar-refractivity contribution is 7.87. The molecule has 4 N–H and O–H groups in total. The molecule has 0 fully saturated rings. The Labute approximate surface area is 59.5 Å². The van der Waals surface area contributed by atoms with Crippen molar-refractivity contribution in [3.63, 3.8) is 0 Å². The van der Waals surface area contributed by atoms with E-state index in [1.54, 1.807) is 0 Å². The second-order valence-corrected chi connectivity index (χ2v) is 3.47. The fourth-order valence-corrected chi connectivity index (χ4v) is 1.33. The summed E-state index contributed by atoms with van der Waals surface area (Å²) >= 11 is 0. The molecule has 0 bridgehead atoms. The first kappa shape index (κ1) is 9.38. The Hall–Kier alpha value is -0.620. The van der Waals surface area contributed by atoms with Crippen LogP contribution < -0.4 is 5.73 Å². The molecule has 1 unspecified atom stereocenters. The van der Waals surface area contributed by atoms with Gasteiger partial charge in [-0.05, 0) is 6.42 Å². The number of hydrogen-bond acceptors (Lipinski definition) is 3. The Kier molecular flexibility index (Phi) is 2.79. The molecule has 1 atom stereocenters. The predicted octanol–water partition coefficient (Wildman–Crippen LogP) is -0.411. The highest BCUT2D eigenvalue weighted by Gasteiger charge is 2.23. The van der Waals surface area contributed by atoms with E-state index in [1.165, 1.54) is 6.92 Å². The summed E-state index contributed by atoms with van der Waals surface area (Å²) in [6.45, 7) is 1.53. The second kappa shape index (κ2) is 2.98. The molecule has 0 aromatic carbocycles. The van der Waals surface area contributed by atoms with Crippen molar-refractivity contribution >= 4 is 16.0 Å². The molecular weight excluding hydrogens is 156 g/mol. The molecule has 0 aliphatic heterocycles. The zero-order valence-corrected chi connectivity index (χ0v) is 6.35. The first-order chi connectivity index (χ1) is 4.39. The molecule has 5 nitrogen and oxygen atoms in total. The van der Waals surface area contributed by atoms with E-state index in [-0.39, 0.29) is 6.42 Å². The number of nitrogens with two attached hydrogens (primary N) is 1. The molecule has 0 amide bonds. The van der Waals surface area contributed by atoms with Crippen LogP contribution in [0, 0.1) is 5.41 Å². The maximum atomic E-state index is 10.3. The van der Waals surface area contributed by atoms with E-state index in [0.717, 1.165) is 0 Å². The Morgan fingerprint density at radius 1 is 1.80 bits per heavy atom. The van der Waals surface area contributed by atoms with Crippen molar-refractivity contribution in [3.05, 3.63) is 0 Å². The monoisotopic (exact) mass is 166 g/mol. The topological polar surface area (TPSA) is 104 Å². The Balaban J connectivity index is 4.55. The smallest absolute Gasteiger partial charge is 0.275 e. The minimum atomic E-state index is -4.16. The van der Waals surface area contributed by atoms with Crippen molar-refractivity contribution in [1.82, 2.24) is 0 Å². The van der Waals surface area contributed by atoms with Crippen LogP contribution in [0.25, 0.3) is 0 Å². The molecule has 60 valence electrons. The van der Waals surface area contributed by atoms with E-state index < -0.39 is 21.2 Å². The summed E-state index contributed by atoms with van der Waals surface area (Å²) in [7, 11) is -4.16. The zero-order valence-electron chi connectivity index (χ0n) is 5.53. The minimum Gasteiger partial charge on any atom is -0.386 e. The van der Waals surface area contributed by atoms with Gasteiger partial charge in [-0.3, -0.25) is 9.96 Å². The van der Waals surface area contributed by atoms with Crippen LogP contribution in [0.5, 0.6) is 0 Å². The van der Waals surface area contributed by atoms with Gasteiger partial charge in [-0.25, -0.2) is 0 Å². The van der Waals surface area contributed by atoms with E-state index in [0.29, 0.717) is 0 Å². The van der Waals surface area contributed by atoms with Gasteiger partial charge in [0.1, 0.15) is 11.1 Å². The molecule has 0 rings (SSSR count). The summed E-state index contributed by atoms with van der Waals surface area (Å²) in [5.41, 5.74) is 4.88. The highest BCUT2D eigenvalue weighted by atomic mass is 32.2. The van der Waals surface area contributed by atoms with Crippen LogP contribution in [0.4, 0.5) is 0 Å². The van der Waals surface area contributed by atoms with Gasteiger partial charge in [0.15, 0.2) is 0 Å². The molecule has 0 spiro atoms. The van der Waals surface area contributed by atoms with Gasteiger partial charge in [0.2, 0.25) is 0 Å². The maximum Gasteiger partial charge on any atom is 0.275 e. The van der Waals surface area contributed by atoms with Gasteiger partial charge in [-0.1, -0.05) is 6.92 Å². The van der Waals surface area contributed by atoms with Crippen LogP contribution in [0.15, 0.2) is 0 Å². The third-order valence-corrected chi connectivity index (χ3v) is 2.38. The van der Waals surface area contributed by atoms with E-state index in [4.69, 9.17) is 15.7 Å². The molecular formula is C4H10N2O3S. The van der Waals surface area contributed by atoms with Crippen LogP contribution in [0.1, 0.15) is 13.3 Å². The van der Waals surface area contributed by atoms with Gasteiger partial charge in [-0.15, -0.1) is 0 Å². The van der Waals surface area contributed by atoms with Gasteiger partial charge < -0.3 is 5.73 Å². The largest absolute Gasteiger partial charge is 0.386 e. The van der Waals surface area contributed by atoms with Crippen molar-refractivity contribution in [2.45, 2.75) is 18.6 Å². The van der Waals surface area contributed by atoms with E-state index >= 15 is 0 Å². The van der Waals surface area contributed by atoms with E-state index in [9.17, 15) is 8.42 Å². The average Bonchev–Trinajstić information content (AvgIpc) is 1.60. The lowest BCUT2D eigenvalue weighted by Gasteiger charge is -2.07. The van der Waals surface area contributed by atoms with Crippen LogP contribution in [0.2, 0.25) is 0 Å². The summed E-state index contributed by atoms with van der Waals surface area (Å²) in [6.07, 6.45) is 0.119. The van der Waals surface area contributed by atoms with Crippen LogP contribution in [0.3, 0.4) is 0 Å². The number of nitrogens with one attached hydrogen (secondary N) is 1. The molecule has 0 aliphatic carbocycles. The lowest BCUT2D eigenvalue weighted by Crippen LogP contribution is -2.34. The lowest BCUT2D eigenvalue weighted by molar-refractivity contribution is 0.475. The van der Waals surface area contributed by atoms with Crippen molar-refractivity contribution in [2.75, 3.05) is 0 Å². The van der Waals surface area contributed by atoms with E-state index in [2.05, 4.69) is 0 Å².